The summed E-state index contributed by atoms with van der Waals surface area (Å²) in [6.07, 6.45) is 0.656. The fourth-order valence-corrected chi connectivity index (χ4v) is 4.09. The molecule has 1 fully saturated rings. The average molecular weight is 308 g/mol. The molecule has 8 heteroatoms. The van der Waals surface area contributed by atoms with Crippen LogP contribution in [0.25, 0.3) is 0 Å². The van der Waals surface area contributed by atoms with Gasteiger partial charge in [0.1, 0.15) is 0 Å². The van der Waals surface area contributed by atoms with Gasteiger partial charge < -0.3 is 10.2 Å². The van der Waals surface area contributed by atoms with Crippen molar-refractivity contribution in [2.75, 3.05) is 26.2 Å². The number of nitrogens with zero attached hydrogens (tertiary/aromatic N) is 2. The maximum atomic E-state index is 12.5. The highest BCUT2D eigenvalue weighted by Crippen LogP contribution is 2.22. The third-order valence-electron chi connectivity index (χ3n) is 3.37. The highest BCUT2D eigenvalue weighted by Gasteiger charge is 2.35. The van der Waals surface area contributed by atoms with Crippen LogP contribution in [0, 0.1) is 5.92 Å². The second-order valence-corrected chi connectivity index (χ2v) is 7.69. The summed E-state index contributed by atoms with van der Waals surface area (Å²) in [7, 11) is -3.64. The van der Waals surface area contributed by atoms with Crippen molar-refractivity contribution in [1.82, 2.24) is 8.61 Å². The number of carbonyl (C=O) groups is 1. The van der Waals surface area contributed by atoms with Crippen LogP contribution in [-0.4, -0.2) is 65.0 Å². The van der Waals surface area contributed by atoms with Crippen LogP contribution in [0.3, 0.4) is 0 Å². The number of hydrogen-bond acceptors (Lipinski definition) is 4. The Morgan fingerprint density at radius 3 is 2.20 bits per heavy atom. The summed E-state index contributed by atoms with van der Waals surface area (Å²) >= 11 is 0. The fourth-order valence-electron chi connectivity index (χ4n) is 2.28. The van der Waals surface area contributed by atoms with Gasteiger partial charge in [0.2, 0.25) is 0 Å². The second kappa shape index (κ2) is 6.38. The van der Waals surface area contributed by atoms with Gasteiger partial charge in [-0.15, -0.1) is 0 Å². The largest absolute Gasteiger partial charge is 0.481 e. The molecule has 1 saturated heterocycles. The van der Waals surface area contributed by atoms with Gasteiger partial charge in [0, 0.05) is 26.2 Å². The van der Waals surface area contributed by atoms with E-state index in [1.54, 1.807) is 20.8 Å². The Morgan fingerprint density at radius 1 is 1.35 bits per heavy atom. The van der Waals surface area contributed by atoms with Crippen LogP contribution in [0.2, 0.25) is 0 Å². The minimum Gasteiger partial charge on any atom is -0.481 e. The Bertz CT molecular complexity index is 435. The van der Waals surface area contributed by atoms with Crippen LogP contribution in [0.4, 0.5) is 0 Å². The maximum absolute atomic E-state index is 12.5. The van der Waals surface area contributed by atoms with E-state index >= 15 is 0 Å². The lowest BCUT2D eigenvalue weighted by Crippen LogP contribution is -2.51. The molecule has 0 amide bonds. The Labute approximate surface area is 120 Å². The molecule has 0 aromatic carbocycles. The Morgan fingerprint density at radius 2 is 1.85 bits per heavy atom. The van der Waals surface area contributed by atoms with Gasteiger partial charge in [-0.25, -0.2) is 0 Å². The second-order valence-electron chi connectivity index (χ2n) is 5.76. The van der Waals surface area contributed by atoms with Crippen LogP contribution in [-0.2, 0) is 15.0 Å². The molecule has 0 saturated carbocycles. The molecule has 118 valence electrons. The van der Waals surface area contributed by atoms with E-state index < -0.39 is 27.7 Å². The van der Waals surface area contributed by atoms with Crippen LogP contribution in [0.1, 0.15) is 33.6 Å². The number of hydrogen-bond donors (Lipinski definition) is 2. The van der Waals surface area contributed by atoms with Crippen LogP contribution >= 0.6 is 0 Å². The molecule has 7 nitrogen and oxygen atoms in total. The average Bonchev–Trinajstić information content (AvgIpc) is 2.34. The van der Waals surface area contributed by atoms with Crippen molar-refractivity contribution in [1.29, 1.82) is 0 Å². The summed E-state index contributed by atoms with van der Waals surface area (Å²) in [6.45, 7) is 5.54. The van der Waals surface area contributed by atoms with Gasteiger partial charge in [0.05, 0.1) is 11.5 Å². The van der Waals surface area contributed by atoms with Crippen molar-refractivity contribution in [2.45, 2.75) is 39.2 Å². The van der Waals surface area contributed by atoms with Crippen molar-refractivity contribution in [3.05, 3.63) is 0 Å². The van der Waals surface area contributed by atoms with E-state index in [-0.39, 0.29) is 26.2 Å². The van der Waals surface area contributed by atoms with Crippen LogP contribution < -0.4 is 0 Å². The lowest BCUT2D eigenvalue weighted by molar-refractivity contribution is -0.142. The molecule has 0 radical (unpaired) electrons. The Hall–Kier alpha value is -0.700. The third-order valence-corrected chi connectivity index (χ3v) is 5.43. The van der Waals surface area contributed by atoms with Crippen LogP contribution in [0.5, 0.6) is 0 Å². The molecule has 1 aliphatic heterocycles. The number of aliphatic carboxylic acids is 1. The van der Waals surface area contributed by atoms with Gasteiger partial charge >= 0.3 is 5.97 Å². The van der Waals surface area contributed by atoms with E-state index in [2.05, 4.69) is 0 Å². The smallest absolute Gasteiger partial charge is 0.306 e. The summed E-state index contributed by atoms with van der Waals surface area (Å²) in [6, 6.07) is 0. The first-order chi connectivity index (χ1) is 9.08. The molecule has 0 bridgehead atoms. The molecule has 0 unspecified atom stereocenters. The van der Waals surface area contributed by atoms with Crippen LogP contribution in [0.15, 0.2) is 0 Å². The standard InChI is InChI=1S/C12H24N2O5S/c1-4-13(9-12(2,3)17)20(18,19)14-7-5-10(6-8-14)11(15)16/h10,17H,4-9H2,1-3H3,(H,15,16). The first-order valence-corrected chi connectivity index (χ1v) is 8.18. The van der Waals surface area contributed by atoms with Crippen molar-refractivity contribution in [3.8, 4) is 0 Å². The monoisotopic (exact) mass is 308 g/mol. The summed E-state index contributed by atoms with van der Waals surface area (Å²) in [5, 5.41) is 18.7. The van der Waals surface area contributed by atoms with Gasteiger partial charge in [-0.2, -0.15) is 17.0 Å². The molecule has 0 aromatic heterocycles. The number of carboxylic acids is 1. The zero-order valence-corrected chi connectivity index (χ0v) is 13.1. The number of aliphatic hydroxyl groups is 1. The number of piperidine rings is 1. The van der Waals surface area contributed by atoms with E-state index in [0.717, 1.165) is 0 Å². The van der Waals surface area contributed by atoms with E-state index in [0.29, 0.717) is 12.8 Å². The predicted octanol–water partition coefficient (Wildman–Crippen LogP) is 0.121. The zero-order chi connectivity index (χ0) is 15.6. The minimum absolute atomic E-state index is 0.0185. The molecule has 20 heavy (non-hydrogen) atoms. The molecule has 2 N–H and O–H groups in total. The number of rotatable bonds is 6. The van der Waals surface area contributed by atoms with Gasteiger partial charge in [0.15, 0.2) is 0 Å². The number of likely N-dealkylation sites (N-methyl/N-ethyl adjacent to an activating group) is 1. The summed E-state index contributed by atoms with van der Waals surface area (Å²) in [5.41, 5.74) is -1.11. The van der Waals surface area contributed by atoms with E-state index in [1.807, 2.05) is 0 Å². The first kappa shape index (κ1) is 17.4. The van der Waals surface area contributed by atoms with E-state index in [9.17, 15) is 18.3 Å². The third kappa shape index (κ3) is 4.41. The van der Waals surface area contributed by atoms with Gasteiger partial charge in [-0.1, -0.05) is 6.92 Å². The van der Waals surface area contributed by atoms with Crippen molar-refractivity contribution in [3.63, 3.8) is 0 Å². The summed E-state index contributed by atoms with van der Waals surface area (Å²) < 4.78 is 27.5. The Balaban J connectivity index is 2.76. The maximum Gasteiger partial charge on any atom is 0.306 e. The van der Waals surface area contributed by atoms with E-state index in [4.69, 9.17) is 5.11 Å². The molecular weight excluding hydrogens is 284 g/mol. The molecule has 0 atom stereocenters. The lowest BCUT2D eigenvalue weighted by Gasteiger charge is -2.35. The van der Waals surface area contributed by atoms with Crippen molar-refractivity contribution >= 4 is 16.2 Å². The predicted molar refractivity (Wildman–Crippen MR) is 74.4 cm³/mol. The normalized spacial score (nSPS) is 19.4. The first-order valence-electron chi connectivity index (χ1n) is 6.78. The van der Waals surface area contributed by atoms with E-state index in [1.165, 1.54) is 8.61 Å². The molecule has 1 heterocycles. The molecule has 0 spiro atoms. The Kier molecular flexibility index (Phi) is 5.54. The number of carboxylic acid groups (broad SMARTS) is 1. The topological polar surface area (TPSA) is 98.2 Å². The molecule has 0 aromatic rings. The van der Waals surface area contributed by atoms with Crippen molar-refractivity contribution < 1.29 is 23.4 Å². The molecule has 1 rings (SSSR count). The highest BCUT2D eigenvalue weighted by molar-refractivity contribution is 7.86. The zero-order valence-electron chi connectivity index (χ0n) is 12.2. The van der Waals surface area contributed by atoms with Gasteiger partial charge in [-0.05, 0) is 26.7 Å². The molecule has 1 aliphatic rings. The fraction of sp³-hybridized carbons (Fsp3) is 0.917. The SMILES string of the molecule is CCN(CC(C)(C)O)S(=O)(=O)N1CCC(C(=O)O)CC1. The lowest BCUT2D eigenvalue weighted by atomic mass is 9.99. The summed E-state index contributed by atoms with van der Waals surface area (Å²) in [4.78, 5) is 10.9. The molecule has 0 aliphatic carbocycles. The minimum atomic E-state index is -3.64. The van der Waals surface area contributed by atoms with Crippen molar-refractivity contribution in [2.24, 2.45) is 5.92 Å². The highest BCUT2D eigenvalue weighted by atomic mass is 32.2. The molecular formula is C12H24N2O5S. The van der Waals surface area contributed by atoms with Gasteiger partial charge in [-0.3, -0.25) is 4.79 Å². The summed E-state index contributed by atoms with van der Waals surface area (Å²) in [5.74, 6) is -1.34. The van der Waals surface area contributed by atoms with Gasteiger partial charge in [0.25, 0.3) is 10.2 Å². The quantitative estimate of drug-likeness (QED) is 0.726.